The van der Waals surface area contributed by atoms with Gasteiger partial charge in [0.05, 0.1) is 7.11 Å². The topological polar surface area (TPSA) is 41.6 Å². The first-order valence-electron chi connectivity index (χ1n) is 7.05. The number of hydrogen-bond donors (Lipinski definition) is 1. The van der Waals surface area contributed by atoms with Crippen LogP contribution in [0.1, 0.15) is 11.1 Å². The Bertz CT molecular complexity index is 675. The number of amides is 2. The average Bonchev–Trinajstić information content (AvgIpc) is 2.55. The third-order valence-electron chi connectivity index (χ3n) is 3.37. The van der Waals surface area contributed by atoms with Crippen molar-refractivity contribution < 1.29 is 18.3 Å². The van der Waals surface area contributed by atoms with Gasteiger partial charge in [0.15, 0.2) is 0 Å². The number of ether oxygens (including phenoxy) is 1. The van der Waals surface area contributed by atoms with Crippen molar-refractivity contribution in [1.29, 1.82) is 0 Å². The van der Waals surface area contributed by atoms with Crippen molar-refractivity contribution in [3.63, 3.8) is 0 Å². The number of rotatable bonds is 5. The lowest BCUT2D eigenvalue weighted by atomic mass is 10.2. The fourth-order valence-electron chi connectivity index (χ4n) is 2.03. The lowest BCUT2D eigenvalue weighted by Crippen LogP contribution is -2.36. The standard InChI is InChI=1S/C17H18F2N2O2/c1-21(11-13-5-6-14(18)9-16(13)19)17(22)20-10-12-3-7-15(23-2)8-4-12/h3-9H,10-11H2,1-2H3,(H,20,22). The number of hydrogen-bond acceptors (Lipinski definition) is 2. The van der Waals surface area contributed by atoms with Gasteiger partial charge in [0.25, 0.3) is 0 Å². The maximum absolute atomic E-state index is 13.6. The van der Waals surface area contributed by atoms with Gasteiger partial charge in [-0.05, 0) is 23.8 Å². The fourth-order valence-corrected chi connectivity index (χ4v) is 2.03. The third-order valence-corrected chi connectivity index (χ3v) is 3.37. The fraction of sp³-hybridized carbons (Fsp3) is 0.235. The predicted octanol–water partition coefficient (Wildman–Crippen LogP) is 3.32. The molecule has 0 spiro atoms. The molecule has 0 unspecified atom stereocenters. The van der Waals surface area contributed by atoms with Gasteiger partial charge < -0.3 is 15.0 Å². The van der Waals surface area contributed by atoms with E-state index in [2.05, 4.69) is 5.32 Å². The highest BCUT2D eigenvalue weighted by Crippen LogP contribution is 2.13. The van der Waals surface area contributed by atoms with E-state index in [0.717, 1.165) is 17.4 Å². The maximum atomic E-state index is 13.6. The molecule has 2 aromatic carbocycles. The molecular weight excluding hydrogens is 302 g/mol. The van der Waals surface area contributed by atoms with Crippen LogP contribution in [-0.4, -0.2) is 25.1 Å². The summed E-state index contributed by atoms with van der Waals surface area (Å²) in [6, 6.07) is 10.3. The Labute approximate surface area is 133 Å². The molecule has 0 heterocycles. The van der Waals surface area contributed by atoms with Crippen molar-refractivity contribution in [2.45, 2.75) is 13.1 Å². The van der Waals surface area contributed by atoms with Gasteiger partial charge in [-0.1, -0.05) is 18.2 Å². The van der Waals surface area contributed by atoms with Gasteiger partial charge in [0.1, 0.15) is 17.4 Å². The van der Waals surface area contributed by atoms with E-state index in [-0.39, 0.29) is 18.1 Å². The van der Waals surface area contributed by atoms with Gasteiger partial charge in [0.2, 0.25) is 0 Å². The molecule has 6 heteroatoms. The molecule has 0 fully saturated rings. The zero-order valence-corrected chi connectivity index (χ0v) is 13.0. The molecule has 23 heavy (non-hydrogen) atoms. The minimum atomic E-state index is -0.667. The number of halogens is 2. The Morgan fingerprint density at radius 2 is 1.87 bits per heavy atom. The van der Waals surface area contributed by atoms with Crippen LogP contribution in [0.25, 0.3) is 0 Å². The highest BCUT2D eigenvalue weighted by Gasteiger charge is 2.12. The minimum Gasteiger partial charge on any atom is -0.497 e. The van der Waals surface area contributed by atoms with Crippen LogP contribution >= 0.6 is 0 Å². The van der Waals surface area contributed by atoms with Gasteiger partial charge in [-0.15, -0.1) is 0 Å². The first-order chi connectivity index (χ1) is 11.0. The minimum absolute atomic E-state index is 0.0561. The van der Waals surface area contributed by atoms with Crippen LogP contribution in [0.2, 0.25) is 0 Å². The first-order valence-corrected chi connectivity index (χ1v) is 7.05. The van der Waals surface area contributed by atoms with Gasteiger partial charge in [-0.3, -0.25) is 0 Å². The van der Waals surface area contributed by atoms with Crippen molar-refractivity contribution in [2.24, 2.45) is 0 Å². The van der Waals surface area contributed by atoms with E-state index in [1.54, 1.807) is 26.3 Å². The molecule has 2 rings (SSSR count). The van der Waals surface area contributed by atoms with Crippen molar-refractivity contribution >= 4 is 6.03 Å². The number of nitrogens with one attached hydrogen (secondary N) is 1. The Kier molecular flexibility index (Phi) is 5.51. The molecule has 0 saturated heterocycles. The predicted molar refractivity (Wildman–Crippen MR) is 83.1 cm³/mol. The Morgan fingerprint density at radius 3 is 2.48 bits per heavy atom. The van der Waals surface area contributed by atoms with Crippen LogP contribution < -0.4 is 10.1 Å². The number of nitrogens with zero attached hydrogens (tertiary/aromatic N) is 1. The highest BCUT2D eigenvalue weighted by atomic mass is 19.1. The Morgan fingerprint density at radius 1 is 1.17 bits per heavy atom. The smallest absolute Gasteiger partial charge is 0.317 e. The summed E-state index contributed by atoms with van der Waals surface area (Å²) >= 11 is 0. The lowest BCUT2D eigenvalue weighted by molar-refractivity contribution is 0.206. The van der Waals surface area contributed by atoms with E-state index in [1.807, 2.05) is 12.1 Å². The van der Waals surface area contributed by atoms with E-state index >= 15 is 0 Å². The summed E-state index contributed by atoms with van der Waals surface area (Å²) in [5.41, 5.74) is 1.18. The molecule has 0 radical (unpaired) electrons. The van der Waals surface area contributed by atoms with Gasteiger partial charge in [-0.2, -0.15) is 0 Å². The zero-order valence-electron chi connectivity index (χ0n) is 13.0. The van der Waals surface area contributed by atoms with Crippen LogP contribution in [0.5, 0.6) is 5.75 Å². The summed E-state index contributed by atoms with van der Waals surface area (Å²) in [6.07, 6.45) is 0. The maximum Gasteiger partial charge on any atom is 0.317 e. The van der Waals surface area contributed by atoms with Crippen molar-refractivity contribution in [1.82, 2.24) is 10.2 Å². The Balaban J connectivity index is 1.89. The largest absolute Gasteiger partial charge is 0.497 e. The number of carbonyl (C=O) groups excluding carboxylic acids is 1. The van der Waals surface area contributed by atoms with E-state index in [0.29, 0.717) is 6.54 Å². The summed E-state index contributed by atoms with van der Waals surface area (Å²) in [5, 5.41) is 2.74. The van der Waals surface area contributed by atoms with Crippen LogP contribution in [0.15, 0.2) is 42.5 Å². The molecule has 122 valence electrons. The summed E-state index contributed by atoms with van der Waals surface area (Å²) in [4.78, 5) is 13.3. The molecule has 0 atom stereocenters. The molecule has 2 aromatic rings. The number of carbonyl (C=O) groups is 1. The van der Waals surface area contributed by atoms with E-state index in [4.69, 9.17) is 4.74 Å². The van der Waals surface area contributed by atoms with Crippen molar-refractivity contribution in [3.05, 3.63) is 65.2 Å². The second-order valence-electron chi connectivity index (χ2n) is 5.10. The molecule has 0 bridgehead atoms. The van der Waals surface area contributed by atoms with Crippen molar-refractivity contribution in [3.8, 4) is 5.75 Å². The molecule has 0 saturated carbocycles. The van der Waals surface area contributed by atoms with Crippen LogP contribution in [0, 0.1) is 11.6 Å². The SMILES string of the molecule is COc1ccc(CNC(=O)N(C)Cc2ccc(F)cc2F)cc1. The number of methoxy groups -OCH3 is 1. The third kappa shape index (κ3) is 4.67. The molecule has 0 aliphatic heterocycles. The number of benzene rings is 2. The van der Waals surface area contributed by atoms with Gasteiger partial charge in [-0.25, -0.2) is 13.6 Å². The normalized spacial score (nSPS) is 10.3. The van der Waals surface area contributed by atoms with Crippen LogP contribution in [-0.2, 0) is 13.1 Å². The van der Waals surface area contributed by atoms with E-state index in [1.165, 1.54) is 17.0 Å². The van der Waals surface area contributed by atoms with Crippen molar-refractivity contribution in [2.75, 3.05) is 14.2 Å². The molecule has 1 N–H and O–H groups in total. The summed E-state index contributed by atoms with van der Waals surface area (Å²) in [7, 11) is 3.13. The second-order valence-corrected chi connectivity index (χ2v) is 5.10. The quantitative estimate of drug-likeness (QED) is 0.918. The lowest BCUT2D eigenvalue weighted by Gasteiger charge is -2.18. The van der Waals surface area contributed by atoms with Crippen LogP contribution in [0.4, 0.5) is 13.6 Å². The zero-order chi connectivity index (χ0) is 16.8. The van der Waals surface area contributed by atoms with E-state index < -0.39 is 11.6 Å². The number of urea groups is 1. The monoisotopic (exact) mass is 320 g/mol. The van der Waals surface area contributed by atoms with Gasteiger partial charge >= 0.3 is 6.03 Å². The highest BCUT2D eigenvalue weighted by molar-refractivity contribution is 5.73. The van der Waals surface area contributed by atoms with Crippen LogP contribution in [0.3, 0.4) is 0 Å². The summed E-state index contributed by atoms with van der Waals surface area (Å²) in [5.74, 6) is -0.568. The molecule has 0 aliphatic rings. The second kappa shape index (κ2) is 7.58. The average molecular weight is 320 g/mol. The Hall–Kier alpha value is -2.63. The molecular formula is C17H18F2N2O2. The molecule has 4 nitrogen and oxygen atoms in total. The molecule has 0 aliphatic carbocycles. The molecule has 0 aromatic heterocycles. The molecule has 2 amide bonds. The summed E-state index contributed by atoms with van der Waals surface area (Å²) < 4.78 is 31.5. The summed E-state index contributed by atoms with van der Waals surface area (Å²) in [6.45, 7) is 0.402. The van der Waals surface area contributed by atoms with Gasteiger partial charge in [0, 0.05) is 31.8 Å². The first kappa shape index (κ1) is 16.7. The van der Waals surface area contributed by atoms with E-state index in [9.17, 15) is 13.6 Å².